The number of benzene rings is 2. The Morgan fingerprint density at radius 3 is 2.63 bits per heavy atom. The number of carbonyl (C=O) groups excluding carboxylic acids is 1. The predicted molar refractivity (Wildman–Crippen MR) is 115 cm³/mol. The van der Waals surface area contributed by atoms with Gasteiger partial charge in [0.25, 0.3) is 5.91 Å². The Labute approximate surface area is 177 Å². The standard InChI is InChI=1S/C24H17ClN2O3/c25-17-8-9-19-18(13-17)22(28)20-21(16-7-4-11-26-14-16)27(24(29)23(20)30-19)12-10-15-5-2-1-3-6-15/h1-9,11,13-14,21H,10,12H2. The summed E-state index contributed by atoms with van der Waals surface area (Å²) in [6.45, 7) is 0.448. The summed E-state index contributed by atoms with van der Waals surface area (Å²) >= 11 is 6.10. The molecule has 3 heterocycles. The van der Waals surface area contributed by atoms with Crippen LogP contribution in [0.2, 0.25) is 5.02 Å². The van der Waals surface area contributed by atoms with Gasteiger partial charge in [0.1, 0.15) is 5.58 Å². The van der Waals surface area contributed by atoms with E-state index in [4.69, 9.17) is 16.0 Å². The van der Waals surface area contributed by atoms with Crippen molar-refractivity contribution in [3.63, 3.8) is 0 Å². The first kappa shape index (κ1) is 18.6. The van der Waals surface area contributed by atoms with Crippen LogP contribution in [0.15, 0.2) is 82.3 Å². The van der Waals surface area contributed by atoms with Gasteiger partial charge in [-0.1, -0.05) is 48.0 Å². The number of pyridine rings is 1. The summed E-state index contributed by atoms with van der Waals surface area (Å²) < 4.78 is 5.92. The van der Waals surface area contributed by atoms with E-state index in [2.05, 4.69) is 4.98 Å². The number of halogens is 1. The molecule has 2 aromatic heterocycles. The van der Waals surface area contributed by atoms with Crippen molar-refractivity contribution in [2.45, 2.75) is 12.5 Å². The van der Waals surface area contributed by atoms with Crippen LogP contribution in [0.25, 0.3) is 11.0 Å². The first-order valence-corrected chi connectivity index (χ1v) is 10.0. The zero-order valence-corrected chi connectivity index (χ0v) is 16.7. The molecule has 0 saturated carbocycles. The maximum atomic E-state index is 13.4. The molecule has 1 aliphatic heterocycles. The van der Waals surface area contributed by atoms with Crippen LogP contribution in [0.3, 0.4) is 0 Å². The molecule has 0 spiro atoms. The first-order chi connectivity index (χ1) is 14.6. The van der Waals surface area contributed by atoms with E-state index >= 15 is 0 Å². The average Bonchev–Trinajstić information content (AvgIpc) is 3.06. The fourth-order valence-electron chi connectivity index (χ4n) is 4.00. The quantitative estimate of drug-likeness (QED) is 0.486. The maximum Gasteiger partial charge on any atom is 0.290 e. The van der Waals surface area contributed by atoms with Crippen LogP contribution >= 0.6 is 11.6 Å². The number of rotatable bonds is 4. The summed E-state index contributed by atoms with van der Waals surface area (Å²) in [5, 5.41) is 0.811. The molecule has 1 aliphatic rings. The second-order valence-electron chi connectivity index (χ2n) is 7.24. The Morgan fingerprint density at radius 1 is 1.03 bits per heavy atom. The molecule has 5 nitrogen and oxygen atoms in total. The van der Waals surface area contributed by atoms with Crippen molar-refractivity contribution < 1.29 is 9.21 Å². The summed E-state index contributed by atoms with van der Waals surface area (Å²) in [6.07, 6.45) is 4.01. The molecule has 5 rings (SSSR count). The number of carbonyl (C=O) groups is 1. The first-order valence-electron chi connectivity index (χ1n) is 9.64. The second kappa shape index (κ2) is 7.43. The monoisotopic (exact) mass is 416 g/mol. The minimum Gasteiger partial charge on any atom is -0.450 e. The second-order valence-corrected chi connectivity index (χ2v) is 7.67. The molecule has 148 valence electrons. The molecule has 6 heteroatoms. The van der Waals surface area contributed by atoms with Crippen molar-refractivity contribution in [1.29, 1.82) is 0 Å². The fraction of sp³-hybridized carbons (Fsp3) is 0.125. The van der Waals surface area contributed by atoms with Crippen LogP contribution in [-0.4, -0.2) is 22.3 Å². The van der Waals surface area contributed by atoms with Gasteiger partial charge in [0.05, 0.1) is 17.0 Å². The van der Waals surface area contributed by atoms with Gasteiger partial charge in [-0.2, -0.15) is 0 Å². The lowest BCUT2D eigenvalue weighted by Gasteiger charge is -2.24. The minimum absolute atomic E-state index is 0.0942. The van der Waals surface area contributed by atoms with Gasteiger partial charge < -0.3 is 9.32 Å². The lowest BCUT2D eigenvalue weighted by Crippen LogP contribution is -2.31. The van der Waals surface area contributed by atoms with Gasteiger partial charge in [-0.05, 0) is 41.8 Å². The molecule has 2 aromatic carbocycles. The molecule has 1 atom stereocenters. The van der Waals surface area contributed by atoms with Gasteiger partial charge in [0, 0.05) is 24.0 Å². The molecule has 1 amide bonds. The third-order valence-electron chi connectivity index (χ3n) is 5.41. The number of hydrogen-bond donors (Lipinski definition) is 0. The van der Waals surface area contributed by atoms with Crippen LogP contribution in [0.4, 0.5) is 0 Å². The van der Waals surface area contributed by atoms with Gasteiger partial charge in [-0.25, -0.2) is 0 Å². The highest BCUT2D eigenvalue weighted by molar-refractivity contribution is 6.31. The molecule has 0 fully saturated rings. The Bertz CT molecular complexity index is 1300. The van der Waals surface area contributed by atoms with E-state index in [1.54, 1.807) is 41.6 Å². The van der Waals surface area contributed by atoms with E-state index in [0.29, 0.717) is 34.5 Å². The van der Waals surface area contributed by atoms with Crippen molar-refractivity contribution in [2.24, 2.45) is 0 Å². The van der Waals surface area contributed by atoms with Gasteiger partial charge in [0.15, 0.2) is 5.43 Å². The minimum atomic E-state index is -0.551. The third-order valence-corrected chi connectivity index (χ3v) is 5.65. The normalized spacial score (nSPS) is 15.6. The van der Waals surface area contributed by atoms with E-state index in [1.165, 1.54) is 0 Å². The largest absolute Gasteiger partial charge is 0.450 e. The van der Waals surface area contributed by atoms with Crippen molar-refractivity contribution >= 4 is 28.5 Å². The van der Waals surface area contributed by atoms with Crippen molar-refractivity contribution in [3.05, 3.63) is 111 Å². The summed E-state index contributed by atoms with van der Waals surface area (Å²) in [4.78, 5) is 32.6. The lowest BCUT2D eigenvalue weighted by atomic mass is 9.99. The van der Waals surface area contributed by atoms with E-state index in [1.807, 2.05) is 36.4 Å². The van der Waals surface area contributed by atoms with Gasteiger partial charge in [0.2, 0.25) is 5.76 Å². The van der Waals surface area contributed by atoms with E-state index in [0.717, 1.165) is 11.1 Å². The van der Waals surface area contributed by atoms with E-state index < -0.39 is 6.04 Å². The zero-order chi connectivity index (χ0) is 20.7. The summed E-state index contributed by atoms with van der Waals surface area (Å²) in [6, 6.07) is 17.9. The van der Waals surface area contributed by atoms with Crippen molar-refractivity contribution in [3.8, 4) is 0 Å². The molecular formula is C24H17ClN2O3. The topological polar surface area (TPSA) is 63.4 Å². The Kier molecular flexibility index (Phi) is 4.60. The summed E-state index contributed by atoms with van der Waals surface area (Å²) in [5.41, 5.74) is 2.34. The Morgan fingerprint density at radius 2 is 1.87 bits per heavy atom. The number of amides is 1. The molecule has 0 saturated heterocycles. The maximum absolute atomic E-state index is 13.4. The van der Waals surface area contributed by atoms with Gasteiger partial charge >= 0.3 is 0 Å². The van der Waals surface area contributed by atoms with Crippen LogP contribution < -0.4 is 5.43 Å². The van der Waals surface area contributed by atoms with Crippen LogP contribution in [0, 0.1) is 0 Å². The van der Waals surface area contributed by atoms with Crippen LogP contribution in [0.5, 0.6) is 0 Å². The molecule has 1 unspecified atom stereocenters. The average molecular weight is 417 g/mol. The van der Waals surface area contributed by atoms with Gasteiger partial charge in [-0.3, -0.25) is 14.6 Å². The lowest BCUT2D eigenvalue weighted by molar-refractivity contribution is 0.0730. The number of aromatic nitrogens is 1. The molecule has 0 radical (unpaired) electrons. The molecule has 0 bridgehead atoms. The van der Waals surface area contributed by atoms with Crippen molar-refractivity contribution in [1.82, 2.24) is 9.88 Å². The molecule has 0 aliphatic carbocycles. The Hall–Kier alpha value is -3.44. The van der Waals surface area contributed by atoms with E-state index in [-0.39, 0.29) is 17.1 Å². The number of fused-ring (bicyclic) bond motifs is 2. The third kappa shape index (κ3) is 3.08. The van der Waals surface area contributed by atoms with E-state index in [9.17, 15) is 9.59 Å². The smallest absolute Gasteiger partial charge is 0.290 e. The van der Waals surface area contributed by atoms with Gasteiger partial charge in [-0.15, -0.1) is 0 Å². The summed E-state index contributed by atoms with van der Waals surface area (Å²) in [5.74, 6) is -0.194. The molecule has 4 aromatic rings. The highest BCUT2D eigenvalue weighted by Gasteiger charge is 2.42. The van der Waals surface area contributed by atoms with Crippen LogP contribution in [-0.2, 0) is 6.42 Å². The molecule has 0 N–H and O–H groups in total. The highest BCUT2D eigenvalue weighted by Crippen LogP contribution is 2.38. The van der Waals surface area contributed by atoms with Crippen LogP contribution in [0.1, 0.15) is 33.3 Å². The zero-order valence-electron chi connectivity index (χ0n) is 15.9. The number of nitrogens with zero attached hydrogens (tertiary/aromatic N) is 2. The summed E-state index contributed by atoms with van der Waals surface area (Å²) in [7, 11) is 0. The predicted octanol–water partition coefficient (Wildman–Crippen LogP) is 4.63. The highest BCUT2D eigenvalue weighted by atomic mass is 35.5. The Balaban J connectivity index is 1.65. The number of hydrogen-bond acceptors (Lipinski definition) is 4. The fourth-order valence-corrected chi connectivity index (χ4v) is 4.17. The SMILES string of the molecule is O=C1c2oc3ccc(Cl)cc3c(=O)c2C(c2cccnc2)N1CCc1ccccc1. The molecule has 30 heavy (non-hydrogen) atoms. The molecular weight excluding hydrogens is 400 g/mol. The van der Waals surface area contributed by atoms with Crippen molar-refractivity contribution in [2.75, 3.05) is 6.54 Å².